The zero-order valence-electron chi connectivity index (χ0n) is 12.9. The molecule has 0 heterocycles. The van der Waals surface area contributed by atoms with Crippen LogP contribution in [-0.2, 0) is 0 Å². The van der Waals surface area contributed by atoms with Gasteiger partial charge >= 0.3 is 6.61 Å². The van der Waals surface area contributed by atoms with Crippen LogP contribution in [0.25, 0.3) is 0 Å². The first kappa shape index (κ1) is 16.7. The van der Waals surface area contributed by atoms with Crippen molar-refractivity contribution in [2.75, 3.05) is 6.54 Å². The van der Waals surface area contributed by atoms with E-state index in [2.05, 4.69) is 10.1 Å². The molecule has 1 fully saturated rings. The van der Waals surface area contributed by atoms with Gasteiger partial charge < -0.3 is 15.8 Å². The van der Waals surface area contributed by atoms with Crippen LogP contribution in [-0.4, -0.2) is 25.1 Å². The molecule has 2 rings (SSSR count). The second-order valence-electron chi connectivity index (χ2n) is 5.82. The van der Waals surface area contributed by atoms with Crippen molar-refractivity contribution in [3.8, 4) is 5.75 Å². The smallest absolute Gasteiger partial charge is 0.387 e. The lowest BCUT2D eigenvalue weighted by Crippen LogP contribution is -2.39. The van der Waals surface area contributed by atoms with E-state index in [1.54, 1.807) is 26.0 Å². The van der Waals surface area contributed by atoms with Gasteiger partial charge in [-0.2, -0.15) is 8.78 Å². The van der Waals surface area contributed by atoms with Crippen molar-refractivity contribution < 1.29 is 18.3 Å². The molecule has 0 aliphatic heterocycles. The summed E-state index contributed by atoms with van der Waals surface area (Å²) >= 11 is 0. The topological polar surface area (TPSA) is 64.4 Å². The van der Waals surface area contributed by atoms with E-state index in [0.29, 0.717) is 29.2 Å². The zero-order valence-corrected chi connectivity index (χ0v) is 12.9. The van der Waals surface area contributed by atoms with Gasteiger partial charge in [0.1, 0.15) is 5.75 Å². The van der Waals surface area contributed by atoms with Crippen LogP contribution in [0.1, 0.15) is 40.7 Å². The van der Waals surface area contributed by atoms with E-state index in [9.17, 15) is 13.6 Å². The fourth-order valence-electron chi connectivity index (χ4n) is 3.12. The molecule has 3 N–H and O–H groups in total. The fourth-order valence-corrected chi connectivity index (χ4v) is 3.12. The Morgan fingerprint density at radius 2 is 2.00 bits per heavy atom. The van der Waals surface area contributed by atoms with Gasteiger partial charge in [0.25, 0.3) is 5.91 Å². The molecule has 22 heavy (non-hydrogen) atoms. The van der Waals surface area contributed by atoms with Crippen LogP contribution >= 0.6 is 0 Å². The predicted molar refractivity (Wildman–Crippen MR) is 80.2 cm³/mol. The van der Waals surface area contributed by atoms with E-state index >= 15 is 0 Å². The van der Waals surface area contributed by atoms with Crippen LogP contribution < -0.4 is 15.8 Å². The van der Waals surface area contributed by atoms with Gasteiger partial charge in [0.15, 0.2) is 0 Å². The van der Waals surface area contributed by atoms with Crippen molar-refractivity contribution >= 4 is 5.91 Å². The summed E-state index contributed by atoms with van der Waals surface area (Å²) in [7, 11) is 0. The van der Waals surface area contributed by atoms with Gasteiger partial charge in [-0.25, -0.2) is 0 Å². The predicted octanol–water partition coefficient (Wildman–Crippen LogP) is 2.76. The highest BCUT2D eigenvalue weighted by molar-refractivity contribution is 5.95. The minimum atomic E-state index is -2.87. The largest absolute Gasteiger partial charge is 0.434 e. The number of carbonyl (C=O) groups excluding carboxylic acids is 1. The number of nitrogens with two attached hydrogens (primary N) is 1. The molecular formula is C16H22F2N2O2. The quantitative estimate of drug-likeness (QED) is 0.878. The Morgan fingerprint density at radius 3 is 2.55 bits per heavy atom. The molecule has 0 bridgehead atoms. The molecule has 0 radical (unpaired) electrons. The van der Waals surface area contributed by atoms with Crippen LogP contribution in [0.15, 0.2) is 12.1 Å². The Hall–Kier alpha value is -1.69. The average Bonchev–Trinajstić information content (AvgIpc) is 2.89. The number of hydrogen-bond acceptors (Lipinski definition) is 3. The first-order valence-corrected chi connectivity index (χ1v) is 7.49. The van der Waals surface area contributed by atoms with E-state index in [4.69, 9.17) is 5.73 Å². The van der Waals surface area contributed by atoms with Crippen molar-refractivity contribution in [1.29, 1.82) is 0 Å². The number of ether oxygens (including phenoxy) is 1. The first-order valence-electron chi connectivity index (χ1n) is 7.49. The van der Waals surface area contributed by atoms with Gasteiger partial charge in [-0.15, -0.1) is 0 Å². The minimum absolute atomic E-state index is 0.0927. The number of aryl methyl sites for hydroxylation is 2. The third-order valence-electron chi connectivity index (χ3n) is 4.21. The molecule has 1 aromatic rings. The molecular weight excluding hydrogens is 290 g/mol. The second kappa shape index (κ2) is 7.05. The zero-order chi connectivity index (χ0) is 16.3. The molecule has 1 amide bonds. The summed E-state index contributed by atoms with van der Waals surface area (Å²) in [6.45, 7) is 0.991. The molecule has 122 valence electrons. The lowest BCUT2D eigenvalue weighted by molar-refractivity contribution is -0.0507. The number of carbonyl (C=O) groups is 1. The van der Waals surface area contributed by atoms with E-state index in [0.717, 1.165) is 19.3 Å². The molecule has 1 aliphatic carbocycles. The van der Waals surface area contributed by atoms with Crippen molar-refractivity contribution in [3.05, 3.63) is 28.8 Å². The molecule has 2 unspecified atom stereocenters. The Morgan fingerprint density at radius 1 is 1.36 bits per heavy atom. The maximum absolute atomic E-state index is 12.4. The number of nitrogens with one attached hydrogen (secondary N) is 1. The maximum atomic E-state index is 12.4. The van der Waals surface area contributed by atoms with Gasteiger partial charge in [0, 0.05) is 11.6 Å². The SMILES string of the molecule is Cc1cc(C(=O)NC2CCCC2CN)cc(C)c1OC(F)F. The lowest BCUT2D eigenvalue weighted by Gasteiger charge is -2.20. The third-order valence-corrected chi connectivity index (χ3v) is 4.21. The molecule has 1 aromatic carbocycles. The summed E-state index contributed by atoms with van der Waals surface area (Å²) in [6.07, 6.45) is 3.02. The summed E-state index contributed by atoms with van der Waals surface area (Å²) in [5.74, 6) is 0.250. The first-order chi connectivity index (χ1) is 10.4. The van der Waals surface area contributed by atoms with Crippen LogP contribution in [0, 0.1) is 19.8 Å². The molecule has 1 aliphatic rings. The summed E-state index contributed by atoms with van der Waals surface area (Å²) in [6, 6.07) is 3.24. The van der Waals surface area contributed by atoms with Crippen molar-refractivity contribution in [2.45, 2.75) is 45.8 Å². The Labute approximate surface area is 129 Å². The highest BCUT2D eigenvalue weighted by Gasteiger charge is 2.27. The molecule has 2 atom stereocenters. The highest BCUT2D eigenvalue weighted by atomic mass is 19.3. The van der Waals surface area contributed by atoms with E-state index in [-0.39, 0.29) is 17.7 Å². The number of halogens is 2. The van der Waals surface area contributed by atoms with Gasteiger partial charge in [-0.3, -0.25) is 4.79 Å². The molecule has 1 saturated carbocycles. The monoisotopic (exact) mass is 312 g/mol. The summed E-state index contributed by atoms with van der Waals surface area (Å²) in [4.78, 5) is 12.4. The van der Waals surface area contributed by atoms with E-state index in [1.807, 2.05) is 0 Å². The van der Waals surface area contributed by atoms with Crippen LogP contribution in [0.4, 0.5) is 8.78 Å². The number of alkyl halides is 2. The van der Waals surface area contributed by atoms with E-state index in [1.165, 1.54) is 0 Å². The number of rotatable bonds is 5. The summed E-state index contributed by atoms with van der Waals surface area (Å²) < 4.78 is 29.3. The minimum Gasteiger partial charge on any atom is -0.434 e. The molecule has 4 nitrogen and oxygen atoms in total. The lowest BCUT2D eigenvalue weighted by atomic mass is 10.0. The van der Waals surface area contributed by atoms with Crippen molar-refractivity contribution in [1.82, 2.24) is 5.32 Å². The van der Waals surface area contributed by atoms with Gasteiger partial charge in [-0.1, -0.05) is 6.42 Å². The van der Waals surface area contributed by atoms with E-state index < -0.39 is 6.61 Å². The Kier molecular flexibility index (Phi) is 5.34. The fraction of sp³-hybridized carbons (Fsp3) is 0.562. The maximum Gasteiger partial charge on any atom is 0.387 e. The van der Waals surface area contributed by atoms with Crippen LogP contribution in [0.3, 0.4) is 0 Å². The van der Waals surface area contributed by atoms with Gasteiger partial charge in [0.2, 0.25) is 0 Å². The third kappa shape index (κ3) is 3.74. The Balaban J connectivity index is 2.13. The van der Waals surface area contributed by atoms with Gasteiger partial charge in [0.05, 0.1) is 0 Å². The Bertz CT molecular complexity index is 526. The molecule has 0 spiro atoms. The van der Waals surface area contributed by atoms with Crippen molar-refractivity contribution in [2.24, 2.45) is 11.7 Å². The molecule has 0 saturated heterocycles. The number of benzene rings is 1. The normalized spacial score (nSPS) is 21.2. The van der Waals surface area contributed by atoms with Gasteiger partial charge in [-0.05, 0) is 62.4 Å². The van der Waals surface area contributed by atoms with Crippen molar-refractivity contribution in [3.63, 3.8) is 0 Å². The summed E-state index contributed by atoms with van der Waals surface area (Å²) in [5.41, 5.74) is 7.21. The molecule has 6 heteroatoms. The summed E-state index contributed by atoms with van der Waals surface area (Å²) in [5, 5.41) is 3.00. The number of amides is 1. The standard InChI is InChI=1S/C16H22F2N2O2/c1-9-6-12(7-10(2)14(9)22-16(17)18)15(21)20-13-5-3-4-11(13)8-19/h6-7,11,13,16H,3-5,8,19H2,1-2H3,(H,20,21). The van der Waals surface area contributed by atoms with Crippen LogP contribution in [0.2, 0.25) is 0 Å². The van der Waals surface area contributed by atoms with Crippen LogP contribution in [0.5, 0.6) is 5.75 Å². The average molecular weight is 312 g/mol. The number of hydrogen-bond donors (Lipinski definition) is 2. The second-order valence-corrected chi connectivity index (χ2v) is 5.82. The highest BCUT2D eigenvalue weighted by Crippen LogP contribution is 2.28. The molecule has 0 aromatic heterocycles.